The van der Waals surface area contributed by atoms with Gasteiger partial charge in [0.05, 0.1) is 17.6 Å². The van der Waals surface area contributed by atoms with Crippen molar-refractivity contribution in [3.8, 4) is 16.8 Å². The van der Waals surface area contributed by atoms with Gasteiger partial charge in [0.2, 0.25) is 5.62 Å². The molecule has 196 valence electrons. The second kappa shape index (κ2) is 10.7. The highest BCUT2D eigenvalue weighted by Gasteiger charge is 2.15. The van der Waals surface area contributed by atoms with E-state index < -0.39 is 0 Å². The summed E-state index contributed by atoms with van der Waals surface area (Å²) in [6, 6.07) is 39.2. The summed E-state index contributed by atoms with van der Waals surface area (Å²) < 4.78 is 3.92. The largest absolute Gasteiger partial charge is 0.321 e. The van der Waals surface area contributed by atoms with E-state index in [1.807, 2.05) is 137 Å². The van der Waals surface area contributed by atoms with Gasteiger partial charge in [-0.3, -0.25) is 14.8 Å². The molecule has 0 saturated carbocycles. The van der Waals surface area contributed by atoms with Crippen molar-refractivity contribution in [3.05, 3.63) is 149 Å². The van der Waals surface area contributed by atoms with Crippen molar-refractivity contribution in [2.75, 3.05) is 5.32 Å². The van der Waals surface area contributed by atoms with Crippen LogP contribution in [-0.4, -0.2) is 15.0 Å². The van der Waals surface area contributed by atoms with Crippen LogP contribution >= 0.6 is 11.6 Å². The number of anilines is 1. The molecule has 0 spiro atoms. The van der Waals surface area contributed by atoms with E-state index in [0.717, 1.165) is 44.7 Å². The third kappa shape index (κ3) is 4.83. The van der Waals surface area contributed by atoms with Crippen LogP contribution in [0.1, 0.15) is 21.5 Å². The summed E-state index contributed by atoms with van der Waals surface area (Å²) in [4.78, 5) is 13.0. The van der Waals surface area contributed by atoms with Gasteiger partial charge >= 0.3 is 0 Å². The normalized spacial score (nSPS) is 11.1. The molecule has 6 rings (SSSR count). The molecule has 0 radical (unpaired) electrons. The number of nitrogens with one attached hydrogen (secondary N) is 2. The fraction of sp³-hybridized carbons (Fsp3) is 0.0588. The van der Waals surface area contributed by atoms with Crippen molar-refractivity contribution in [2.24, 2.45) is 0 Å². The molecule has 0 aliphatic carbocycles. The third-order valence-electron chi connectivity index (χ3n) is 7.06. The number of aromatic nitrogens is 2. The van der Waals surface area contributed by atoms with Crippen molar-refractivity contribution in [1.82, 2.24) is 9.13 Å². The highest BCUT2D eigenvalue weighted by atomic mass is 35.5. The molecule has 6 aromatic rings. The van der Waals surface area contributed by atoms with E-state index in [4.69, 9.17) is 17.0 Å². The summed E-state index contributed by atoms with van der Waals surface area (Å²) in [5, 5.41) is 12.9. The third-order valence-corrected chi connectivity index (χ3v) is 7.43. The first-order chi connectivity index (χ1) is 19.5. The number of carbonyl (C=O) groups is 1. The molecule has 0 unspecified atom stereocenters. The minimum absolute atomic E-state index is 0.145. The first-order valence-corrected chi connectivity index (χ1v) is 13.4. The maximum absolute atomic E-state index is 13.0. The molecular weight excluding hydrogens is 516 g/mol. The summed E-state index contributed by atoms with van der Waals surface area (Å²) in [6.07, 6.45) is 0. The Hall–Kier alpha value is -4.87. The number of hydrogen-bond acceptors (Lipinski definition) is 2. The fourth-order valence-corrected chi connectivity index (χ4v) is 5.26. The van der Waals surface area contributed by atoms with E-state index in [-0.39, 0.29) is 5.91 Å². The van der Waals surface area contributed by atoms with Gasteiger partial charge in [0, 0.05) is 27.5 Å². The molecule has 0 aliphatic heterocycles. The van der Waals surface area contributed by atoms with Gasteiger partial charge in [-0.2, -0.15) is 0 Å². The van der Waals surface area contributed by atoms with Gasteiger partial charge < -0.3 is 9.88 Å². The summed E-state index contributed by atoms with van der Waals surface area (Å²) in [7, 11) is 0. The number of hydrogen-bond donors (Lipinski definition) is 2. The first-order valence-electron chi connectivity index (χ1n) is 13.1. The Balaban J connectivity index is 1.35. The second-order valence-electron chi connectivity index (χ2n) is 9.74. The zero-order valence-electron chi connectivity index (χ0n) is 21.9. The van der Waals surface area contributed by atoms with Gasteiger partial charge in [-0.1, -0.05) is 90.0 Å². The number of benzene rings is 5. The van der Waals surface area contributed by atoms with Gasteiger partial charge in [-0.25, -0.2) is 0 Å². The average Bonchev–Trinajstić information content (AvgIpc) is 3.25. The van der Waals surface area contributed by atoms with Crippen LogP contribution in [0.25, 0.3) is 27.8 Å². The van der Waals surface area contributed by atoms with E-state index in [1.54, 1.807) is 0 Å². The molecule has 40 heavy (non-hydrogen) atoms. The first kappa shape index (κ1) is 25.4. The number of nitrogens with zero attached hydrogens (tertiary/aromatic N) is 2. The molecule has 0 atom stereocenters. The fourth-order valence-electron chi connectivity index (χ4n) is 5.06. The van der Waals surface area contributed by atoms with E-state index >= 15 is 0 Å². The number of para-hydroxylation sites is 3. The lowest BCUT2D eigenvalue weighted by molar-refractivity contribution is 0.102. The topological polar surface area (TPSA) is 62.8 Å². The Bertz CT molecular complexity index is 1920. The highest BCUT2D eigenvalue weighted by molar-refractivity contribution is 6.31. The molecule has 1 amide bonds. The number of amides is 1. The second-order valence-corrected chi connectivity index (χ2v) is 10.1. The standard InChI is InChI=1S/C34H27ClN4O/c1-23-9-8-11-25(21-23)33(40)37-30-14-5-3-12-28(30)24-17-19-27(20-18-24)39-32-16-7-6-15-31(32)38(34(39)36)22-26-10-2-4-13-29(26)35/h2-21,36H,22H2,1H3,(H,37,40). The molecule has 0 bridgehead atoms. The minimum Gasteiger partial charge on any atom is -0.321 e. The predicted molar refractivity (Wildman–Crippen MR) is 162 cm³/mol. The number of aryl methyl sites for hydroxylation is 1. The quantitative estimate of drug-likeness (QED) is 0.221. The number of carbonyl (C=O) groups excluding carboxylic acids is 1. The molecule has 0 saturated heterocycles. The Morgan fingerprint density at radius 2 is 1.50 bits per heavy atom. The zero-order chi connectivity index (χ0) is 27.6. The molecule has 5 aromatic carbocycles. The van der Waals surface area contributed by atoms with Crippen molar-refractivity contribution in [3.63, 3.8) is 0 Å². The van der Waals surface area contributed by atoms with E-state index in [0.29, 0.717) is 22.7 Å². The SMILES string of the molecule is Cc1cccc(C(=O)Nc2ccccc2-c2ccc(-n3c(=N)n(Cc4ccccc4Cl)c4ccccc43)cc2)c1. The summed E-state index contributed by atoms with van der Waals surface area (Å²) in [5.74, 6) is -0.145. The van der Waals surface area contributed by atoms with Gasteiger partial charge in [0.25, 0.3) is 5.91 Å². The van der Waals surface area contributed by atoms with E-state index in [1.165, 1.54) is 0 Å². The van der Waals surface area contributed by atoms with Crippen LogP contribution < -0.4 is 10.9 Å². The van der Waals surface area contributed by atoms with Crippen LogP contribution in [-0.2, 0) is 6.54 Å². The molecule has 6 heteroatoms. The van der Waals surface area contributed by atoms with Crippen molar-refractivity contribution in [2.45, 2.75) is 13.5 Å². The maximum Gasteiger partial charge on any atom is 0.255 e. The summed E-state index contributed by atoms with van der Waals surface area (Å²) >= 11 is 6.46. The lowest BCUT2D eigenvalue weighted by Gasteiger charge is -2.13. The summed E-state index contributed by atoms with van der Waals surface area (Å²) in [6.45, 7) is 2.47. The lowest BCUT2D eigenvalue weighted by Crippen LogP contribution is -2.24. The lowest BCUT2D eigenvalue weighted by atomic mass is 10.0. The van der Waals surface area contributed by atoms with Crippen LogP contribution in [0.5, 0.6) is 0 Å². The van der Waals surface area contributed by atoms with E-state index in [9.17, 15) is 4.79 Å². The zero-order valence-corrected chi connectivity index (χ0v) is 22.7. The van der Waals surface area contributed by atoms with E-state index in [2.05, 4.69) is 5.32 Å². The van der Waals surface area contributed by atoms with Crippen LogP contribution in [0.2, 0.25) is 5.02 Å². The number of halogens is 1. The van der Waals surface area contributed by atoms with Crippen molar-refractivity contribution in [1.29, 1.82) is 5.41 Å². The van der Waals surface area contributed by atoms with Crippen LogP contribution in [0.15, 0.2) is 121 Å². The van der Waals surface area contributed by atoms with Gasteiger partial charge in [-0.05, 0) is 66.6 Å². The Morgan fingerprint density at radius 3 is 2.27 bits per heavy atom. The van der Waals surface area contributed by atoms with Gasteiger partial charge in [0.15, 0.2) is 0 Å². The monoisotopic (exact) mass is 542 g/mol. The van der Waals surface area contributed by atoms with Crippen LogP contribution in [0.4, 0.5) is 5.69 Å². The van der Waals surface area contributed by atoms with Crippen molar-refractivity contribution >= 4 is 34.2 Å². The molecule has 1 aromatic heterocycles. The number of rotatable bonds is 6. The Morgan fingerprint density at radius 1 is 0.800 bits per heavy atom. The van der Waals surface area contributed by atoms with Crippen molar-refractivity contribution < 1.29 is 4.79 Å². The van der Waals surface area contributed by atoms with Gasteiger partial charge in [0.1, 0.15) is 0 Å². The molecule has 0 fully saturated rings. The highest BCUT2D eigenvalue weighted by Crippen LogP contribution is 2.30. The average molecular weight is 543 g/mol. The number of fused-ring (bicyclic) bond motifs is 1. The maximum atomic E-state index is 13.0. The molecule has 1 heterocycles. The molecular formula is C34H27ClN4O. The van der Waals surface area contributed by atoms with Crippen LogP contribution in [0.3, 0.4) is 0 Å². The van der Waals surface area contributed by atoms with Gasteiger partial charge in [-0.15, -0.1) is 0 Å². The molecule has 5 nitrogen and oxygen atoms in total. The Labute approximate surface area is 237 Å². The minimum atomic E-state index is -0.145. The van der Waals surface area contributed by atoms with Crippen LogP contribution in [0, 0.1) is 12.3 Å². The smallest absolute Gasteiger partial charge is 0.255 e. The number of imidazole rings is 1. The summed E-state index contributed by atoms with van der Waals surface area (Å²) in [5.41, 5.74) is 8.40. The Kier molecular flexibility index (Phi) is 6.81. The molecule has 2 N–H and O–H groups in total. The predicted octanol–water partition coefficient (Wildman–Crippen LogP) is 7.84. The molecule has 0 aliphatic rings.